The fourth-order valence-electron chi connectivity index (χ4n) is 3.12. The third-order valence-electron chi connectivity index (χ3n) is 4.57. The molecular formula is C22H19N3O3. The summed E-state index contributed by atoms with van der Waals surface area (Å²) in [4.78, 5) is 9.16. The second kappa shape index (κ2) is 6.74. The van der Waals surface area contributed by atoms with Gasteiger partial charge in [0.2, 0.25) is 0 Å². The quantitative estimate of drug-likeness (QED) is 0.386. The van der Waals surface area contributed by atoms with E-state index >= 15 is 0 Å². The van der Waals surface area contributed by atoms with E-state index in [-0.39, 0.29) is 0 Å². The maximum Gasteiger partial charge on any atom is 0.200 e. The molecule has 0 spiro atoms. The molecule has 28 heavy (non-hydrogen) atoms. The van der Waals surface area contributed by atoms with Gasteiger partial charge < -0.3 is 20.6 Å². The number of anilines is 2. The Labute approximate surface area is 161 Å². The molecule has 6 heteroatoms. The van der Waals surface area contributed by atoms with Crippen LogP contribution in [0.15, 0.2) is 54.6 Å². The van der Waals surface area contributed by atoms with Gasteiger partial charge in [0.25, 0.3) is 0 Å². The van der Waals surface area contributed by atoms with Crippen LogP contribution in [0.3, 0.4) is 0 Å². The van der Waals surface area contributed by atoms with Gasteiger partial charge in [-0.1, -0.05) is 29.8 Å². The Hall–Kier alpha value is -3.80. The summed E-state index contributed by atoms with van der Waals surface area (Å²) in [5.74, 6) is -0.513. The number of phenols is 3. The van der Waals surface area contributed by atoms with Crippen molar-refractivity contribution in [3.63, 3.8) is 0 Å². The summed E-state index contributed by atoms with van der Waals surface area (Å²) >= 11 is 0. The second-order valence-corrected chi connectivity index (χ2v) is 6.72. The topological polar surface area (TPSA) is 98.5 Å². The molecule has 1 heterocycles. The van der Waals surface area contributed by atoms with Crippen LogP contribution in [0.1, 0.15) is 11.1 Å². The minimum atomic E-state index is -0.571. The maximum atomic E-state index is 9.84. The SMILES string of the molecule is Cc1ccc(Nc2nc(-c3cc(O)c(O)c(O)c3)nc3ccccc23)c(C)c1. The number of phenolic OH excluding ortho intramolecular Hbond substituents is 3. The zero-order valence-electron chi connectivity index (χ0n) is 15.4. The molecule has 0 unspecified atom stereocenters. The Balaban J connectivity index is 1.88. The Morgan fingerprint density at radius 3 is 2.25 bits per heavy atom. The number of aromatic hydroxyl groups is 3. The Bertz CT molecular complexity index is 1180. The molecule has 0 aliphatic heterocycles. The van der Waals surface area contributed by atoms with E-state index in [1.807, 2.05) is 50.2 Å². The van der Waals surface area contributed by atoms with Crippen molar-refractivity contribution >= 4 is 22.4 Å². The van der Waals surface area contributed by atoms with Gasteiger partial charge in [0.15, 0.2) is 23.1 Å². The van der Waals surface area contributed by atoms with Crippen LogP contribution in [0.25, 0.3) is 22.3 Å². The molecule has 0 amide bonds. The van der Waals surface area contributed by atoms with Crippen molar-refractivity contribution in [2.75, 3.05) is 5.32 Å². The average molecular weight is 373 g/mol. The van der Waals surface area contributed by atoms with Crippen molar-refractivity contribution in [3.05, 3.63) is 65.7 Å². The fraction of sp³-hybridized carbons (Fsp3) is 0.0909. The molecule has 3 aromatic carbocycles. The van der Waals surface area contributed by atoms with Crippen molar-refractivity contribution in [2.24, 2.45) is 0 Å². The summed E-state index contributed by atoms with van der Waals surface area (Å²) in [6.07, 6.45) is 0. The van der Waals surface area contributed by atoms with Crippen LogP contribution in [0.4, 0.5) is 11.5 Å². The molecule has 4 aromatic rings. The molecule has 0 bridgehead atoms. The molecule has 0 atom stereocenters. The van der Waals surface area contributed by atoms with Crippen molar-refractivity contribution < 1.29 is 15.3 Å². The molecule has 0 aliphatic rings. The largest absolute Gasteiger partial charge is 0.504 e. The van der Waals surface area contributed by atoms with Crippen LogP contribution < -0.4 is 5.32 Å². The van der Waals surface area contributed by atoms with E-state index < -0.39 is 17.2 Å². The van der Waals surface area contributed by atoms with Crippen molar-refractivity contribution in [2.45, 2.75) is 13.8 Å². The Kier molecular flexibility index (Phi) is 4.24. The number of aromatic nitrogens is 2. The molecule has 4 rings (SSSR count). The third kappa shape index (κ3) is 3.16. The zero-order valence-corrected chi connectivity index (χ0v) is 15.4. The van der Waals surface area contributed by atoms with Gasteiger partial charge in [0.05, 0.1) is 5.52 Å². The molecular weight excluding hydrogens is 354 g/mol. The summed E-state index contributed by atoms with van der Waals surface area (Å²) in [6.45, 7) is 4.06. The Morgan fingerprint density at radius 1 is 0.821 bits per heavy atom. The molecule has 1 aromatic heterocycles. The third-order valence-corrected chi connectivity index (χ3v) is 4.57. The number of nitrogens with zero attached hydrogens (tertiary/aromatic N) is 2. The first-order valence-electron chi connectivity index (χ1n) is 8.79. The molecule has 0 radical (unpaired) electrons. The molecule has 0 saturated carbocycles. The predicted molar refractivity (Wildman–Crippen MR) is 109 cm³/mol. The lowest BCUT2D eigenvalue weighted by atomic mass is 10.1. The van der Waals surface area contributed by atoms with Crippen LogP contribution in [-0.2, 0) is 0 Å². The first-order valence-corrected chi connectivity index (χ1v) is 8.79. The van der Waals surface area contributed by atoms with Crippen molar-refractivity contribution in [1.82, 2.24) is 9.97 Å². The normalized spacial score (nSPS) is 10.9. The lowest BCUT2D eigenvalue weighted by molar-refractivity contribution is 0.368. The number of para-hydroxylation sites is 1. The van der Waals surface area contributed by atoms with Gasteiger partial charge >= 0.3 is 0 Å². The number of fused-ring (bicyclic) bond motifs is 1. The highest BCUT2D eigenvalue weighted by Crippen LogP contribution is 2.39. The van der Waals surface area contributed by atoms with Gasteiger partial charge in [-0.05, 0) is 49.7 Å². The highest BCUT2D eigenvalue weighted by atomic mass is 16.3. The smallest absolute Gasteiger partial charge is 0.200 e. The molecule has 0 saturated heterocycles. The predicted octanol–water partition coefficient (Wildman–Crippen LogP) is 4.77. The monoisotopic (exact) mass is 373 g/mol. The van der Waals surface area contributed by atoms with E-state index in [1.54, 1.807) is 0 Å². The van der Waals surface area contributed by atoms with Crippen molar-refractivity contribution in [3.8, 4) is 28.6 Å². The van der Waals surface area contributed by atoms with E-state index in [9.17, 15) is 15.3 Å². The molecule has 0 aliphatic carbocycles. The number of rotatable bonds is 3. The minimum absolute atomic E-state index is 0.316. The number of hydrogen-bond donors (Lipinski definition) is 4. The maximum absolute atomic E-state index is 9.84. The van der Waals surface area contributed by atoms with Crippen LogP contribution >= 0.6 is 0 Å². The second-order valence-electron chi connectivity index (χ2n) is 6.72. The average Bonchev–Trinajstić information content (AvgIpc) is 2.67. The summed E-state index contributed by atoms with van der Waals surface area (Å²) in [6, 6.07) is 16.3. The molecule has 0 fully saturated rings. The number of nitrogens with one attached hydrogen (secondary N) is 1. The molecule has 140 valence electrons. The Morgan fingerprint density at radius 2 is 1.54 bits per heavy atom. The van der Waals surface area contributed by atoms with E-state index in [0.717, 1.165) is 16.6 Å². The van der Waals surface area contributed by atoms with Gasteiger partial charge in [-0.3, -0.25) is 0 Å². The van der Waals surface area contributed by atoms with Crippen molar-refractivity contribution in [1.29, 1.82) is 0 Å². The first kappa shape index (κ1) is 17.6. The molecule has 4 N–H and O–H groups in total. The lowest BCUT2D eigenvalue weighted by Crippen LogP contribution is -2.00. The number of hydrogen-bond acceptors (Lipinski definition) is 6. The summed E-state index contributed by atoms with van der Waals surface area (Å²) in [5, 5.41) is 33.5. The summed E-state index contributed by atoms with van der Waals surface area (Å²) < 4.78 is 0. The number of aryl methyl sites for hydroxylation is 2. The van der Waals surface area contributed by atoms with E-state index in [4.69, 9.17) is 0 Å². The van der Waals surface area contributed by atoms with Gasteiger partial charge in [0.1, 0.15) is 5.82 Å². The van der Waals surface area contributed by atoms with Gasteiger partial charge in [-0.2, -0.15) is 0 Å². The van der Waals surface area contributed by atoms with E-state index in [1.165, 1.54) is 17.7 Å². The van der Waals surface area contributed by atoms with Gasteiger partial charge in [-0.25, -0.2) is 9.97 Å². The van der Waals surface area contributed by atoms with Crippen LogP contribution in [-0.4, -0.2) is 25.3 Å². The minimum Gasteiger partial charge on any atom is -0.504 e. The summed E-state index contributed by atoms with van der Waals surface area (Å²) in [5.41, 5.74) is 4.29. The fourth-order valence-corrected chi connectivity index (χ4v) is 3.12. The highest BCUT2D eigenvalue weighted by molar-refractivity contribution is 5.92. The van der Waals surface area contributed by atoms with E-state index in [0.29, 0.717) is 22.7 Å². The van der Waals surface area contributed by atoms with Crippen LogP contribution in [0.2, 0.25) is 0 Å². The first-order chi connectivity index (χ1) is 13.4. The number of benzene rings is 3. The van der Waals surface area contributed by atoms with E-state index in [2.05, 4.69) is 21.4 Å². The van der Waals surface area contributed by atoms with Gasteiger partial charge in [0, 0.05) is 16.6 Å². The molecule has 6 nitrogen and oxygen atoms in total. The lowest BCUT2D eigenvalue weighted by Gasteiger charge is -2.13. The van der Waals surface area contributed by atoms with Gasteiger partial charge in [-0.15, -0.1) is 0 Å². The standard InChI is InChI=1S/C22H19N3O3/c1-12-7-8-16(13(2)9-12)23-22-15-5-3-4-6-17(15)24-21(25-22)14-10-18(26)20(28)19(27)11-14/h3-11,26-28H,1-2H3,(H,23,24,25). The summed E-state index contributed by atoms with van der Waals surface area (Å²) in [7, 11) is 0. The zero-order chi connectivity index (χ0) is 19.8. The highest BCUT2D eigenvalue weighted by Gasteiger charge is 2.14. The van der Waals surface area contributed by atoms with Crippen LogP contribution in [0.5, 0.6) is 17.2 Å². The van der Waals surface area contributed by atoms with Crippen LogP contribution in [0, 0.1) is 13.8 Å².